The van der Waals surface area contributed by atoms with Crippen LogP contribution >= 0.6 is 0 Å². The van der Waals surface area contributed by atoms with Crippen LogP contribution in [0.3, 0.4) is 0 Å². The molecule has 0 bridgehead atoms. The van der Waals surface area contributed by atoms with E-state index in [0.29, 0.717) is 26.1 Å². The molecule has 1 fully saturated rings. The lowest BCUT2D eigenvalue weighted by Crippen LogP contribution is -2.50. The van der Waals surface area contributed by atoms with Crippen LogP contribution in [0.5, 0.6) is 0 Å². The first-order valence-electron chi connectivity index (χ1n) is 8.83. The highest BCUT2D eigenvalue weighted by Crippen LogP contribution is 2.45. The van der Waals surface area contributed by atoms with Gasteiger partial charge < -0.3 is 19.7 Å². The van der Waals surface area contributed by atoms with Crippen LogP contribution in [0.2, 0.25) is 0 Å². The lowest BCUT2D eigenvalue weighted by Gasteiger charge is -2.29. The molecule has 0 radical (unpaired) electrons. The van der Waals surface area contributed by atoms with Crippen molar-refractivity contribution in [3.05, 3.63) is 25.3 Å². The van der Waals surface area contributed by atoms with E-state index in [4.69, 9.17) is 9.47 Å². The van der Waals surface area contributed by atoms with Crippen molar-refractivity contribution in [3.63, 3.8) is 0 Å². The normalized spacial score (nSPS) is 21.8. The molecule has 1 saturated carbocycles. The number of amides is 2. The maximum absolute atomic E-state index is 12.3. The Bertz CT molecular complexity index is 498. The topological polar surface area (TPSA) is 67.9 Å². The zero-order valence-electron chi connectivity index (χ0n) is 16.0. The maximum atomic E-state index is 12.3. The predicted octanol–water partition coefficient (Wildman–Crippen LogP) is 3.88. The van der Waals surface area contributed by atoms with Gasteiger partial charge in [-0.15, -0.1) is 13.2 Å². The van der Waals surface area contributed by atoms with Crippen molar-refractivity contribution < 1.29 is 19.1 Å². The molecule has 2 atom stereocenters. The van der Waals surface area contributed by atoms with Gasteiger partial charge >= 0.3 is 12.2 Å². The van der Waals surface area contributed by atoms with Crippen LogP contribution in [0.1, 0.15) is 47.0 Å². The third kappa shape index (κ3) is 6.80. The maximum Gasteiger partial charge on any atom is 0.410 e. The molecule has 2 amide bonds. The third-order valence-electron chi connectivity index (χ3n) is 3.97. The number of ether oxygens (including phenoxy) is 2. The van der Waals surface area contributed by atoms with Gasteiger partial charge in [0, 0.05) is 19.0 Å². The monoisotopic (exact) mass is 352 g/mol. The largest absolute Gasteiger partial charge is 0.449 e. The first kappa shape index (κ1) is 21.1. The Balaban J connectivity index is 2.75. The molecule has 0 aromatic rings. The first-order valence-corrected chi connectivity index (χ1v) is 8.83. The molecule has 25 heavy (non-hydrogen) atoms. The Labute approximate surface area is 151 Å². The second-order valence-electron chi connectivity index (χ2n) is 7.47. The molecule has 0 aliphatic heterocycles. The van der Waals surface area contributed by atoms with E-state index in [1.54, 1.807) is 17.1 Å². The average Bonchev–Trinajstić information content (AvgIpc) is 3.17. The number of rotatable bonds is 9. The molecule has 0 aromatic carbocycles. The Kier molecular flexibility index (Phi) is 7.52. The van der Waals surface area contributed by atoms with Crippen molar-refractivity contribution >= 4 is 12.2 Å². The van der Waals surface area contributed by atoms with Gasteiger partial charge in [-0.25, -0.2) is 9.59 Å². The number of alkyl carbamates (subject to hydrolysis) is 1. The molecule has 1 aliphatic carbocycles. The molecule has 1 N–H and O–H groups in total. The highest BCUT2D eigenvalue weighted by molar-refractivity contribution is 5.71. The summed E-state index contributed by atoms with van der Waals surface area (Å²) in [6.45, 7) is 16.1. The fourth-order valence-corrected chi connectivity index (χ4v) is 2.61. The molecular weight excluding hydrogens is 320 g/mol. The molecule has 0 aromatic heterocycles. The van der Waals surface area contributed by atoms with Crippen LogP contribution in [0.4, 0.5) is 9.59 Å². The number of nitrogens with zero attached hydrogens (tertiary/aromatic N) is 1. The smallest absolute Gasteiger partial charge is 0.410 e. The van der Waals surface area contributed by atoms with Gasteiger partial charge in [0.1, 0.15) is 5.60 Å². The Morgan fingerprint density at radius 2 is 2.04 bits per heavy atom. The van der Waals surface area contributed by atoms with Gasteiger partial charge in [-0.2, -0.15) is 0 Å². The second-order valence-corrected chi connectivity index (χ2v) is 7.47. The molecule has 6 heteroatoms. The summed E-state index contributed by atoms with van der Waals surface area (Å²) in [5, 5.41) is 2.92. The average molecular weight is 352 g/mol. The summed E-state index contributed by atoms with van der Waals surface area (Å²) < 4.78 is 10.6. The molecule has 0 unspecified atom stereocenters. The Hall–Kier alpha value is -1.98. The molecule has 0 spiro atoms. The van der Waals surface area contributed by atoms with Crippen LogP contribution in [0.25, 0.3) is 0 Å². The molecule has 1 aliphatic rings. The van der Waals surface area contributed by atoms with Gasteiger partial charge in [-0.1, -0.05) is 25.5 Å². The van der Waals surface area contributed by atoms with Crippen molar-refractivity contribution in [1.29, 1.82) is 0 Å². The van der Waals surface area contributed by atoms with Gasteiger partial charge in [0.05, 0.1) is 12.1 Å². The van der Waals surface area contributed by atoms with Gasteiger partial charge in [0.25, 0.3) is 0 Å². The molecule has 0 heterocycles. The molecule has 1 rings (SSSR count). The Morgan fingerprint density at radius 3 is 2.52 bits per heavy atom. The number of hydrogen-bond acceptors (Lipinski definition) is 4. The van der Waals surface area contributed by atoms with E-state index in [0.717, 1.165) is 12.8 Å². The lowest BCUT2D eigenvalue weighted by molar-refractivity contribution is 0.0468. The summed E-state index contributed by atoms with van der Waals surface area (Å²) in [6.07, 6.45) is 5.05. The summed E-state index contributed by atoms with van der Waals surface area (Å²) in [7, 11) is 0. The number of hydrogen-bond donors (Lipinski definition) is 1. The summed E-state index contributed by atoms with van der Waals surface area (Å²) in [5.74, 6) is 0.0933. The number of carbonyl (C=O) groups excluding carboxylic acids is 2. The summed E-state index contributed by atoms with van der Waals surface area (Å²) >= 11 is 0. The minimum Gasteiger partial charge on any atom is -0.449 e. The van der Waals surface area contributed by atoms with Crippen molar-refractivity contribution in [3.8, 4) is 0 Å². The Morgan fingerprint density at radius 1 is 1.36 bits per heavy atom. The van der Waals surface area contributed by atoms with Crippen LogP contribution < -0.4 is 5.32 Å². The van der Waals surface area contributed by atoms with E-state index < -0.39 is 23.3 Å². The zero-order valence-corrected chi connectivity index (χ0v) is 16.0. The molecule has 0 saturated heterocycles. The molecular formula is C19H32N2O4. The SMILES string of the molecule is C=CCN(C[C@@]1(NC(=O)OC(C)(C)C)C[C@@H]1C=C)C(=O)OCCCC. The van der Waals surface area contributed by atoms with Crippen LogP contribution in [0, 0.1) is 5.92 Å². The lowest BCUT2D eigenvalue weighted by atomic mass is 10.1. The van der Waals surface area contributed by atoms with Crippen LogP contribution in [0.15, 0.2) is 25.3 Å². The van der Waals surface area contributed by atoms with Crippen molar-refractivity contribution in [2.24, 2.45) is 5.92 Å². The summed E-state index contributed by atoms with van der Waals surface area (Å²) in [6, 6.07) is 0. The van der Waals surface area contributed by atoms with E-state index >= 15 is 0 Å². The molecule has 6 nitrogen and oxygen atoms in total. The molecule has 142 valence electrons. The van der Waals surface area contributed by atoms with Gasteiger partial charge in [0.15, 0.2) is 0 Å². The van der Waals surface area contributed by atoms with Gasteiger partial charge in [-0.3, -0.25) is 0 Å². The van der Waals surface area contributed by atoms with E-state index in [2.05, 4.69) is 18.5 Å². The third-order valence-corrected chi connectivity index (χ3v) is 3.97. The number of nitrogens with one attached hydrogen (secondary N) is 1. The minimum absolute atomic E-state index is 0.0933. The van der Waals surface area contributed by atoms with Crippen molar-refractivity contribution in [2.45, 2.75) is 58.1 Å². The highest BCUT2D eigenvalue weighted by atomic mass is 16.6. The standard InChI is InChI=1S/C19H32N2O4/c1-7-10-12-24-17(23)21(11-8-2)14-19(13-15(19)9-3)20-16(22)25-18(4,5)6/h8-9,15H,2-3,7,10-14H2,1,4-6H3,(H,20,22)/t15-,19-/m0/s1. The van der Waals surface area contributed by atoms with E-state index in [1.807, 2.05) is 27.7 Å². The first-order chi connectivity index (χ1) is 11.7. The number of carbonyl (C=O) groups is 2. The van der Waals surface area contributed by atoms with Gasteiger partial charge in [-0.05, 0) is 33.6 Å². The summed E-state index contributed by atoms with van der Waals surface area (Å²) in [4.78, 5) is 26.0. The van der Waals surface area contributed by atoms with Crippen molar-refractivity contribution in [1.82, 2.24) is 10.2 Å². The van der Waals surface area contributed by atoms with E-state index in [9.17, 15) is 9.59 Å². The van der Waals surface area contributed by atoms with Crippen LogP contribution in [-0.2, 0) is 9.47 Å². The fourth-order valence-electron chi connectivity index (χ4n) is 2.61. The highest BCUT2D eigenvalue weighted by Gasteiger charge is 2.55. The van der Waals surface area contributed by atoms with E-state index in [1.165, 1.54) is 0 Å². The van der Waals surface area contributed by atoms with Gasteiger partial charge in [0.2, 0.25) is 0 Å². The number of unbranched alkanes of at least 4 members (excludes halogenated alkanes) is 1. The van der Waals surface area contributed by atoms with E-state index in [-0.39, 0.29) is 5.92 Å². The summed E-state index contributed by atoms with van der Waals surface area (Å²) in [5.41, 5.74) is -1.14. The minimum atomic E-state index is -0.580. The zero-order chi connectivity index (χ0) is 19.1. The second kappa shape index (κ2) is 8.92. The fraction of sp³-hybridized carbons (Fsp3) is 0.684. The van der Waals surface area contributed by atoms with Crippen LogP contribution in [-0.4, -0.2) is 47.9 Å². The van der Waals surface area contributed by atoms with Crippen molar-refractivity contribution in [2.75, 3.05) is 19.7 Å². The quantitative estimate of drug-likeness (QED) is 0.505. The predicted molar refractivity (Wildman–Crippen MR) is 98.4 cm³/mol.